The number of nitrogens with two attached hydrogens (primary N) is 1. The van der Waals surface area contributed by atoms with Gasteiger partial charge in [0.05, 0.1) is 16.7 Å². The zero-order valence-electron chi connectivity index (χ0n) is 9.86. The van der Waals surface area contributed by atoms with E-state index in [0.717, 1.165) is 0 Å². The van der Waals surface area contributed by atoms with Crippen LogP contribution in [0.2, 0.25) is 5.02 Å². The van der Waals surface area contributed by atoms with E-state index < -0.39 is 5.82 Å². The standard InChI is InChI=1S/C14H10ClFN2O/c15-12-3-2-11(18)6-14(12)19-8-10-5-9(7-17)1-4-13(10)16/h1-6H,8,18H2. The van der Waals surface area contributed by atoms with Gasteiger partial charge in [-0.2, -0.15) is 5.26 Å². The molecule has 0 radical (unpaired) electrons. The Balaban J connectivity index is 2.19. The number of ether oxygens (including phenoxy) is 1. The molecule has 2 aromatic carbocycles. The first-order valence-corrected chi connectivity index (χ1v) is 5.84. The smallest absolute Gasteiger partial charge is 0.140 e. The van der Waals surface area contributed by atoms with E-state index in [9.17, 15) is 4.39 Å². The Morgan fingerprint density at radius 2 is 2.05 bits per heavy atom. The number of nitriles is 1. The molecular weight excluding hydrogens is 267 g/mol. The minimum absolute atomic E-state index is 0.0233. The Morgan fingerprint density at radius 1 is 1.26 bits per heavy atom. The summed E-state index contributed by atoms with van der Waals surface area (Å²) < 4.78 is 19.0. The SMILES string of the molecule is N#Cc1ccc(F)c(COc2cc(N)ccc2Cl)c1. The first-order chi connectivity index (χ1) is 9.10. The highest BCUT2D eigenvalue weighted by atomic mass is 35.5. The Kier molecular flexibility index (Phi) is 3.88. The summed E-state index contributed by atoms with van der Waals surface area (Å²) in [5.74, 6) is -0.0533. The molecule has 0 unspecified atom stereocenters. The molecule has 3 nitrogen and oxygen atoms in total. The molecular formula is C14H10ClFN2O. The van der Waals surface area contributed by atoms with Crippen molar-refractivity contribution < 1.29 is 9.13 Å². The zero-order valence-corrected chi connectivity index (χ0v) is 10.6. The number of rotatable bonds is 3. The van der Waals surface area contributed by atoms with Crippen LogP contribution in [0.5, 0.6) is 5.75 Å². The summed E-state index contributed by atoms with van der Waals surface area (Å²) in [6.45, 7) is -0.0233. The van der Waals surface area contributed by atoms with Gasteiger partial charge in [0, 0.05) is 17.3 Å². The molecule has 0 aromatic heterocycles. The number of nitrogen functional groups attached to an aromatic ring is 1. The van der Waals surface area contributed by atoms with Crippen LogP contribution >= 0.6 is 11.6 Å². The predicted octanol–water partition coefficient (Wildman–Crippen LogP) is 3.51. The lowest BCUT2D eigenvalue weighted by atomic mass is 10.1. The van der Waals surface area contributed by atoms with Crippen LogP contribution in [0.1, 0.15) is 11.1 Å². The highest BCUT2D eigenvalue weighted by Gasteiger charge is 2.07. The maximum Gasteiger partial charge on any atom is 0.140 e. The van der Waals surface area contributed by atoms with Crippen molar-refractivity contribution in [1.82, 2.24) is 0 Å². The molecule has 0 heterocycles. The maximum atomic E-state index is 13.5. The molecule has 0 fully saturated rings. The summed E-state index contributed by atoms with van der Waals surface area (Å²) in [5, 5.41) is 9.16. The first-order valence-electron chi connectivity index (χ1n) is 5.46. The van der Waals surface area contributed by atoms with Crippen LogP contribution in [0, 0.1) is 17.1 Å². The van der Waals surface area contributed by atoms with E-state index in [1.54, 1.807) is 18.2 Å². The fourth-order valence-corrected chi connectivity index (χ4v) is 1.71. The van der Waals surface area contributed by atoms with Crippen molar-refractivity contribution in [3.05, 3.63) is 58.4 Å². The van der Waals surface area contributed by atoms with E-state index in [1.807, 2.05) is 6.07 Å². The topological polar surface area (TPSA) is 59.0 Å². The van der Waals surface area contributed by atoms with Crippen LogP contribution in [0.4, 0.5) is 10.1 Å². The molecule has 0 bridgehead atoms. The average Bonchev–Trinajstić information content (AvgIpc) is 2.41. The molecule has 2 rings (SSSR count). The van der Waals surface area contributed by atoms with Crippen LogP contribution in [0.3, 0.4) is 0 Å². The Hall–Kier alpha value is -2.25. The molecule has 0 aliphatic carbocycles. The number of anilines is 1. The molecule has 5 heteroatoms. The second kappa shape index (κ2) is 5.59. The highest BCUT2D eigenvalue weighted by molar-refractivity contribution is 6.32. The molecule has 2 N–H and O–H groups in total. The molecule has 0 aliphatic heterocycles. The molecule has 2 aromatic rings. The average molecular weight is 277 g/mol. The number of benzene rings is 2. The van der Waals surface area contributed by atoms with Crippen LogP contribution in [-0.2, 0) is 6.61 Å². The minimum atomic E-state index is -0.431. The van der Waals surface area contributed by atoms with Crippen molar-refractivity contribution >= 4 is 17.3 Å². The Labute approximate surface area is 115 Å². The molecule has 19 heavy (non-hydrogen) atoms. The normalized spacial score (nSPS) is 9.95. The molecule has 0 saturated carbocycles. The van der Waals surface area contributed by atoms with Gasteiger partial charge in [0.1, 0.15) is 18.2 Å². The quantitative estimate of drug-likeness (QED) is 0.873. The van der Waals surface area contributed by atoms with E-state index in [2.05, 4.69) is 0 Å². The third kappa shape index (κ3) is 3.15. The third-order valence-corrected chi connectivity index (χ3v) is 2.83. The molecule has 0 spiro atoms. The van der Waals surface area contributed by atoms with Gasteiger partial charge in [-0.05, 0) is 30.3 Å². The summed E-state index contributed by atoms with van der Waals surface area (Å²) in [6, 6.07) is 10.8. The van der Waals surface area contributed by atoms with Gasteiger partial charge in [-0.15, -0.1) is 0 Å². The van der Waals surface area contributed by atoms with Crippen LogP contribution in [0.15, 0.2) is 36.4 Å². The van der Waals surface area contributed by atoms with E-state index in [4.69, 9.17) is 27.3 Å². The number of hydrogen-bond donors (Lipinski definition) is 1. The van der Waals surface area contributed by atoms with E-state index in [-0.39, 0.29) is 12.2 Å². The van der Waals surface area contributed by atoms with Gasteiger partial charge >= 0.3 is 0 Å². The largest absolute Gasteiger partial charge is 0.487 e. The fourth-order valence-electron chi connectivity index (χ4n) is 1.54. The van der Waals surface area contributed by atoms with Crippen LogP contribution in [0.25, 0.3) is 0 Å². The number of nitrogens with zero attached hydrogens (tertiary/aromatic N) is 1. The van der Waals surface area contributed by atoms with Crippen molar-refractivity contribution in [2.75, 3.05) is 5.73 Å². The second-order valence-electron chi connectivity index (χ2n) is 3.90. The van der Waals surface area contributed by atoms with Gasteiger partial charge < -0.3 is 10.5 Å². The highest BCUT2D eigenvalue weighted by Crippen LogP contribution is 2.27. The lowest BCUT2D eigenvalue weighted by Gasteiger charge is -2.09. The van der Waals surface area contributed by atoms with Crippen molar-refractivity contribution in [3.8, 4) is 11.8 Å². The van der Waals surface area contributed by atoms with Gasteiger partial charge in [0.2, 0.25) is 0 Å². The van der Waals surface area contributed by atoms with Crippen molar-refractivity contribution in [2.24, 2.45) is 0 Å². The van der Waals surface area contributed by atoms with Gasteiger partial charge in [0.15, 0.2) is 0 Å². The lowest BCUT2D eigenvalue weighted by Crippen LogP contribution is -2.00. The third-order valence-electron chi connectivity index (χ3n) is 2.51. The van der Waals surface area contributed by atoms with E-state index >= 15 is 0 Å². The Bertz CT molecular complexity index is 652. The summed E-state index contributed by atoms with van der Waals surface area (Å²) in [4.78, 5) is 0. The van der Waals surface area contributed by atoms with Crippen molar-refractivity contribution in [1.29, 1.82) is 5.26 Å². The van der Waals surface area contributed by atoms with Gasteiger partial charge in [-0.3, -0.25) is 0 Å². The number of hydrogen-bond acceptors (Lipinski definition) is 3. The van der Waals surface area contributed by atoms with Crippen molar-refractivity contribution in [3.63, 3.8) is 0 Å². The molecule has 0 aliphatic rings. The predicted molar refractivity (Wildman–Crippen MR) is 71.3 cm³/mol. The molecule has 0 saturated heterocycles. The van der Waals surface area contributed by atoms with Gasteiger partial charge in [-0.25, -0.2) is 4.39 Å². The summed E-state index contributed by atoms with van der Waals surface area (Å²) in [7, 11) is 0. The monoisotopic (exact) mass is 276 g/mol. The van der Waals surface area contributed by atoms with E-state index in [0.29, 0.717) is 22.0 Å². The van der Waals surface area contributed by atoms with Gasteiger partial charge in [0.25, 0.3) is 0 Å². The summed E-state index contributed by atoms with van der Waals surface area (Å²) in [6.07, 6.45) is 0. The van der Waals surface area contributed by atoms with Crippen LogP contribution < -0.4 is 10.5 Å². The zero-order chi connectivity index (χ0) is 13.8. The fraction of sp³-hybridized carbons (Fsp3) is 0.0714. The molecule has 96 valence electrons. The molecule has 0 amide bonds. The second-order valence-corrected chi connectivity index (χ2v) is 4.30. The lowest BCUT2D eigenvalue weighted by molar-refractivity contribution is 0.300. The first kappa shape index (κ1) is 13.2. The van der Waals surface area contributed by atoms with Crippen LogP contribution in [-0.4, -0.2) is 0 Å². The minimum Gasteiger partial charge on any atom is -0.487 e. The van der Waals surface area contributed by atoms with E-state index in [1.165, 1.54) is 18.2 Å². The Morgan fingerprint density at radius 3 is 2.79 bits per heavy atom. The molecule has 0 atom stereocenters. The van der Waals surface area contributed by atoms with Crippen molar-refractivity contribution in [2.45, 2.75) is 6.61 Å². The maximum absolute atomic E-state index is 13.5. The summed E-state index contributed by atoms with van der Waals surface area (Å²) in [5.41, 5.74) is 6.78. The number of halogens is 2. The van der Waals surface area contributed by atoms with Gasteiger partial charge in [-0.1, -0.05) is 11.6 Å². The summed E-state index contributed by atoms with van der Waals surface area (Å²) >= 11 is 5.93.